The fourth-order valence-electron chi connectivity index (χ4n) is 3.38. The summed E-state index contributed by atoms with van der Waals surface area (Å²) >= 11 is 1.17. The molecular formula is C22H21F3N4O4S. The van der Waals surface area contributed by atoms with Crippen LogP contribution in [-0.4, -0.2) is 51.6 Å². The number of rotatable bonds is 10. The van der Waals surface area contributed by atoms with Crippen molar-refractivity contribution in [3.05, 3.63) is 42.0 Å². The summed E-state index contributed by atoms with van der Waals surface area (Å²) in [6.45, 7) is 0.602. The number of benzene rings is 2. The maximum atomic E-state index is 12.5. The molecule has 0 aliphatic carbocycles. The van der Waals surface area contributed by atoms with Crippen LogP contribution in [0.5, 0.6) is 5.75 Å². The first kappa shape index (κ1) is 23.9. The van der Waals surface area contributed by atoms with Crippen LogP contribution in [0.15, 0.2) is 36.4 Å². The molecule has 4 rings (SSSR count). The van der Waals surface area contributed by atoms with Crippen LogP contribution >= 0.6 is 11.3 Å². The molecule has 8 nitrogen and oxygen atoms in total. The number of carbonyl (C=O) groups is 1. The Morgan fingerprint density at radius 3 is 2.74 bits per heavy atom. The standard InChI is InChI=1S/C22H21F3N4O4S/c1-29-17-7-4-13(18(31)3-2-9-32-10-8-30)11-16(17)26-20(29)28-21-27-15-6-5-14(12-19(15)34-21)33-22(23,24)25/h4-7,11-12,30H,2-3,8-10H2,1H3,(H,26,27,28). The zero-order valence-corrected chi connectivity index (χ0v) is 18.9. The van der Waals surface area contributed by atoms with Gasteiger partial charge in [-0.05, 0) is 36.8 Å². The van der Waals surface area contributed by atoms with Crippen LogP contribution in [0.2, 0.25) is 0 Å². The van der Waals surface area contributed by atoms with Gasteiger partial charge < -0.3 is 24.5 Å². The van der Waals surface area contributed by atoms with E-state index in [0.717, 1.165) is 5.52 Å². The van der Waals surface area contributed by atoms with E-state index in [9.17, 15) is 18.0 Å². The van der Waals surface area contributed by atoms with Gasteiger partial charge in [0.25, 0.3) is 0 Å². The lowest BCUT2D eigenvalue weighted by Crippen LogP contribution is -2.16. The van der Waals surface area contributed by atoms with Gasteiger partial charge in [-0.3, -0.25) is 4.79 Å². The van der Waals surface area contributed by atoms with Gasteiger partial charge in [0.1, 0.15) is 5.75 Å². The molecule has 0 amide bonds. The third-order valence-electron chi connectivity index (χ3n) is 4.94. The summed E-state index contributed by atoms with van der Waals surface area (Å²) in [6.07, 6.45) is -3.89. The maximum Gasteiger partial charge on any atom is 0.573 e. The molecule has 0 radical (unpaired) electrons. The summed E-state index contributed by atoms with van der Waals surface area (Å²) in [6, 6.07) is 9.22. The molecule has 0 unspecified atom stereocenters. The lowest BCUT2D eigenvalue weighted by Gasteiger charge is -2.07. The number of aliphatic hydroxyl groups is 1. The van der Waals surface area contributed by atoms with Crippen molar-refractivity contribution in [3.8, 4) is 5.75 Å². The van der Waals surface area contributed by atoms with Crippen LogP contribution in [0.25, 0.3) is 21.3 Å². The Kier molecular flexibility index (Phi) is 7.00. The Balaban J connectivity index is 1.49. The minimum Gasteiger partial charge on any atom is -0.406 e. The number of ether oxygens (including phenoxy) is 2. The number of hydrogen-bond donors (Lipinski definition) is 2. The average molecular weight is 494 g/mol. The molecule has 0 saturated carbocycles. The molecule has 2 N–H and O–H groups in total. The normalized spacial score (nSPS) is 11.9. The number of anilines is 2. The molecule has 180 valence electrons. The van der Waals surface area contributed by atoms with Crippen LogP contribution in [0.4, 0.5) is 24.3 Å². The van der Waals surface area contributed by atoms with Gasteiger partial charge in [0.05, 0.1) is 34.5 Å². The predicted octanol–water partition coefficient (Wildman–Crippen LogP) is 4.80. The highest BCUT2D eigenvalue weighted by molar-refractivity contribution is 7.22. The number of aromatic nitrogens is 3. The Morgan fingerprint density at radius 1 is 1.15 bits per heavy atom. The van der Waals surface area contributed by atoms with E-state index in [1.54, 1.807) is 23.7 Å². The number of hydrogen-bond acceptors (Lipinski definition) is 8. The number of imidazole rings is 1. The molecule has 12 heteroatoms. The Hall–Kier alpha value is -3.22. The van der Waals surface area contributed by atoms with Crippen molar-refractivity contribution in [1.29, 1.82) is 0 Å². The van der Waals surface area contributed by atoms with Crippen molar-refractivity contribution in [3.63, 3.8) is 0 Å². The van der Waals surface area contributed by atoms with Gasteiger partial charge in [0.2, 0.25) is 5.95 Å². The number of aliphatic hydroxyl groups excluding tert-OH is 1. The fraction of sp³-hybridized carbons (Fsp3) is 0.318. The third kappa shape index (κ3) is 5.64. The molecule has 0 aliphatic heterocycles. The number of carbonyl (C=O) groups excluding carboxylic acids is 1. The number of alkyl halides is 3. The fourth-order valence-corrected chi connectivity index (χ4v) is 4.27. The molecular weight excluding hydrogens is 473 g/mol. The molecule has 0 bridgehead atoms. The lowest BCUT2D eigenvalue weighted by molar-refractivity contribution is -0.274. The van der Waals surface area contributed by atoms with Gasteiger partial charge in [0, 0.05) is 31.7 Å². The second-order valence-electron chi connectivity index (χ2n) is 7.38. The van der Waals surface area contributed by atoms with Gasteiger partial charge in [-0.2, -0.15) is 0 Å². The molecule has 4 aromatic rings. The minimum atomic E-state index is -4.76. The molecule has 2 aromatic carbocycles. The van der Waals surface area contributed by atoms with Crippen LogP contribution in [-0.2, 0) is 11.8 Å². The number of Topliss-reactive ketones (excluding diaryl/α,β-unsaturated/α-hetero) is 1. The number of fused-ring (bicyclic) bond motifs is 2. The first-order chi connectivity index (χ1) is 16.2. The number of thiazole rings is 1. The minimum absolute atomic E-state index is 0.0299. The van der Waals surface area contributed by atoms with Gasteiger partial charge in [-0.25, -0.2) is 9.97 Å². The summed E-state index contributed by atoms with van der Waals surface area (Å²) in [7, 11) is 1.81. The zero-order chi connectivity index (χ0) is 24.3. The van der Waals surface area contributed by atoms with E-state index >= 15 is 0 Å². The van der Waals surface area contributed by atoms with E-state index < -0.39 is 6.36 Å². The van der Waals surface area contributed by atoms with Crippen molar-refractivity contribution in [2.45, 2.75) is 19.2 Å². The lowest BCUT2D eigenvalue weighted by atomic mass is 10.1. The molecule has 0 spiro atoms. The second-order valence-corrected chi connectivity index (χ2v) is 8.41. The Labute approximate surface area is 195 Å². The van der Waals surface area contributed by atoms with Crippen molar-refractivity contribution < 1.29 is 32.5 Å². The first-order valence-electron chi connectivity index (χ1n) is 10.3. The van der Waals surface area contributed by atoms with Crippen LogP contribution in [0.1, 0.15) is 23.2 Å². The van der Waals surface area contributed by atoms with Crippen molar-refractivity contribution in [1.82, 2.24) is 14.5 Å². The predicted molar refractivity (Wildman–Crippen MR) is 122 cm³/mol. The van der Waals surface area contributed by atoms with E-state index in [0.29, 0.717) is 51.8 Å². The highest BCUT2D eigenvalue weighted by atomic mass is 32.1. The largest absolute Gasteiger partial charge is 0.573 e. The van der Waals surface area contributed by atoms with Crippen molar-refractivity contribution in [2.24, 2.45) is 7.05 Å². The SMILES string of the molecule is Cn1c(Nc2nc3ccc(OC(F)(F)F)cc3s2)nc2cc(C(=O)CCCOCCO)ccc21. The summed E-state index contributed by atoms with van der Waals surface area (Å²) in [5.74, 6) is 0.135. The van der Waals surface area contributed by atoms with E-state index in [2.05, 4.69) is 20.0 Å². The topological polar surface area (TPSA) is 98.5 Å². The molecule has 0 fully saturated rings. The van der Waals surface area contributed by atoms with Crippen molar-refractivity contribution >= 4 is 49.4 Å². The first-order valence-corrected chi connectivity index (χ1v) is 11.2. The molecule has 0 aliphatic rings. The summed E-state index contributed by atoms with van der Waals surface area (Å²) in [4.78, 5) is 21.4. The van der Waals surface area contributed by atoms with E-state index in [1.165, 1.54) is 29.5 Å². The average Bonchev–Trinajstić information content (AvgIpc) is 3.32. The van der Waals surface area contributed by atoms with Gasteiger partial charge in [-0.15, -0.1) is 13.2 Å². The summed E-state index contributed by atoms with van der Waals surface area (Å²) in [5, 5.41) is 12.3. The maximum absolute atomic E-state index is 12.5. The second kappa shape index (κ2) is 9.95. The molecule has 0 atom stereocenters. The quantitative estimate of drug-likeness (QED) is 0.241. The Bertz CT molecular complexity index is 1320. The Morgan fingerprint density at radius 2 is 1.97 bits per heavy atom. The van der Waals surface area contributed by atoms with E-state index in [-0.39, 0.29) is 24.7 Å². The number of halogens is 3. The molecule has 2 heterocycles. The van der Waals surface area contributed by atoms with E-state index in [1.807, 2.05) is 6.07 Å². The van der Waals surface area contributed by atoms with Gasteiger partial charge in [0.15, 0.2) is 10.9 Å². The number of nitrogens with zero attached hydrogens (tertiary/aromatic N) is 3. The molecule has 0 saturated heterocycles. The molecule has 34 heavy (non-hydrogen) atoms. The third-order valence-corrected chi connectivity index (χ3v) is 5.88. The zero-order valence-electron chi connectivity index (χ0n) is 18.1. The van der Waals surface area contributed by atoms with Crippen LogP contribution in [0, 0.1) is 0 Å². The highest BCUT2D eigenvalue weighted by Gasteiger charge is 2.31. The highest BCUT2D eigenvalue weighted by Crippen LogP contribution is 2.33. The van der Waals surface area contributed by atoms with Crippen LogP contribution in [0.3, 0.4) is 0 Å². The van der Waals surface area contributed by atoms with Crippen molar-refractivity contribution in [2.75, 3.05) is 25.1 Å². The van der Waals surface area contributed by atoms with E-state index in [4.69, 9.17) is 9.84 Å². The molecule has 2 aromatic heterocycles. The number of ketones is 1. The number of aryl methyl sites for hydroxylation is 1. The van der Waals surface area contributed by atoms with Crippen LogP contribution < -0.4 is 10.1 Å². The van der Waals surface area contributed by atoms with Gasteiger partial charge >= 0.3 is 6.36 Å². The summed E-state index contributed by atoms with van der Waals surface area (Å²) in [5.41, 5.74) is 2.48. The monoisotopic (exact) mass is 494 g/mol. The smallest absolute Gasteiger partial charge is 0.406 e. The summed E-state index contributed by atoms with van der Waals surface area (Å²) < 4.78 is 48.9. The van der Waals surface area contributed by atoms with Gasteiger partial charge in [-0.1, -0.05) is 11.3 Å². The number of nitrogens with one attached hydrogen (secondary N) is 1.